The zero-order valence-corrected chi connectivity index (χ0v) is 16.5. The van der Waals surface area contributed by atoms with E-state index in [1.165, 1.54) is 4.57 Å². The molecule has 2 N–H and O–H groups in total. The number of rotatable bonds is 5. The van der Waals surface area contributed by atoms with Gasteiger partial charge >= 0.3 is 5.69 Å². The molecule has 1 amide bonds. The summed E-state index contributed by atoms with van der Waals surface area (Å²) < 4.78 is 1.49. The van der Waals surface area contributed by atoms with E-state index >= 15 is 0 Å². The van der Waals surface area contributed by atoms with E-state index in [9.17, 15) is 14.4 Å². The van der Waals surface area contributed by atoms with Crippen molar-refractivity contribution in [1.82, 2.24) is 24.8 Å². The molecule has 1 saturated carbocycles. The molecular formula is C20H27N5O3. The van der Waals surface area contributed by atoms with Crippen molar-refractivity contribution in [2.75, 3.05) is 20.1 Å². The number of aryl methyl sites for hydroxylation is 1. The molecule has 8 nitrogen and oxygen atoms in total. The third-order valence-electron chi connectivity index (χ3n) is 5.76. The molecule has 1 aliphatic carbocycles. The zero-order chi connectivity index (χ0) is 19.8. The van der Waals surface area contributed by atoms with Crippen LogP contribution >= 0.6 is 0 Å². The van der Waals surface area contributed by atoms with Crippen molar-refractivity contribution >= 4 is 16.9 Å². The summed E-state index contributed by atoms with van der Waals surface area (Å²) >= 11 is 0. The van der Waals surface area contributed by atoms with Gasteiger partial charge in [-0.15, -0.1) is 0 Å². The van der Waals surface area contributed by atoms with Gasteiger partial charge in [-0.05, 0) is 45.2 Å². The lowest BCUT2D eigenvalue weighted by atomic mass is 10.0. The molecule has 28 heavy (non-hydrogen) atoms. The highest BCUT2D eigenvalue weighted by Crippen LogP contribution is 2.40. The lowest BCUT2D eigenvalue weighted by Gasteiger charge is -2.32. The van der Waals surface area contributed by atoms with Crippen molar-refractivity contribution < 1.29 is 4.79 Å². The van der Waals surface area contributed by atoms with Crippen molar-refractivity contribution in [3.8, 4) is 0 Å². The standard InChI is InChI=1S/C20H27N5O3/c1-3-8-25-17-16(18(26)23-20(25)28)14(10-15(22-17)12-6-7-12)19(27)24-9-4-5-13(11-24)21-2/h10,12-13,21H,3-9,11H2,1-2H3,(H,23,26,28). The Hall–Kier alpha value is -2.48. The zero-order valence-electron chi connectivity index (χ0n) is 16.5. The fourth-order valence-electron chi connectivity index (χ4n) is 4.05. The first-order chi connectivity index (χ1) is 13.5. The molecule has 2 aliphatic rings. The van der Waals surface area contributed by atoms with Crippen LogP contribution < -0.4 is 16.6 Å². The number of amides is 1. The average molecular weight is 385 g/mol. The molecule has 1 atom stereocenters. The maximum Gasteiger partial charge on any atom is 0.329 e. The maximum absolute atomic E-state index is 13.4. The second-order valence-electron chi connectivity index (χ2n) is 7.86. The Balaban J connectivity index is 1.89. The Labute approximate surface area is 163 Å². The van der Waals surface area contributed by atoms with Crippen molar-refractivity contribution in [2.45, 2.75) is 57.5 Å². The highest BCUT2D eigenvalue weighted by Gasteiger charge is 2.31. The van der Waals surface area contributed by atoms with Crippen molar-refractivity contribution in [2.24, 2.45) is 0 Å². The normalized spacial score (nSPS) is 19.9. The Morgan fingerprint density at radius 1 is 1.32 bits per heavy atom. The van der Waals surface area contributed by atoms with E-state index in [1.54, 1.807) is 6.07 Å². The minimum atomic E-state index is -0.535. The molecule has 4 rings (SSSR count). The van der Waals surface area contributed by atoms with Crippen molar-refractivity contribution in [3.05, 3.63) is 38.2 Å². The van der Waals surface area contributed by atoms with Crippen LogP contribution in [0.3, 0.4) is 0 Å². The number of nitrogens with one attached hydrogen (secondary N) is 2. The summed E-state index contributed by atoms with van der Waals surface area (Å²) in [6.45, 7) is 3.70. The van der Waals surface area contributed by atoms with Crippen LogP contribution in [0.2, 0.25) is 0 Å². The van der Waals surface area contributed by atoms with Crippen LogP contribution in [0.5, 0.6) is 0 Å². The molecule has 1 aliphatic heterocycles. The molecule has 8 heteroatoms. The van der Waals surface area contributed by atoms with Gasteiger partial charge < -0.3 is 10.2 Å². The van der Waals surface area contributed by atoms with Gasteiger partial charge in [0, 0.05) is 37.3 Å². The second kappa shape index (κ2) is 7.50. The van der Waals surface area contributed by atoms with E-state index in [4.69, 9.17) is 0 Å². The first-order valence-electron chi connectivity index (χ1n) is 10.2. The summed E-state index contributed by atoms with van der Waals surface area (Å²) in [6.07, 6.45) is 4.74. The van der Waals surface area contributed by atoms with E-state index in [0.717, 1.165) is 37.8 Å². The number of likely N-dealkylation sites (N-methyl/N-ethyl adjacent to an activating group) is 1. The van der Waals surface area contributed by atoms with E-state index in [2.05, 4.69) is 15.3 Å². The minimum absolute atomic E-state index is 0.151. The van der Waals surface area contributed by atoms with Crippen LogP contribution in [0.15, 0.2) is 15.7 Å². The fraction of sp³-hybridized carbons (Fsp3) is 0.600. The van der Waals surface area contributed by atoms with Gasteiger partial charge in [0.05, 0.1) is 10.9 Å². The molecule has 2 aromatic rings. The Morgan fingerprint density at radius 3 is 2.79 bits per heavy atom. The van der Waals surface area contributed by atoms with E-state index in [-0.39, 0.29) is 17.3 Å². The summed E-state index contributed by atoms with van der Waals surface area (Å²) in [4.78, 5) is 47.3. The number of fused-ring (bicyclic) bond motifs is 1. The Morgan fingerprint density at radius 2 is 2.11 bits per heavy atom. The number of aromatic nitrogens is 3. The van der Waals surface area contributed by atoms with E-state index in [1.807, 2.05) is 18.9 Å². The number of carbonyl (C=O) groups excluding carboxylic acids is 1. The van der Waals surface area contributed by atoms with Gasteiger partial charge in [0.15, 0.2) is 5.65 Å². The summed E-state index contributed by atoms with van der Waals surface area (Å²) in [5.74, 6) is 0.160. The molecule has 3 heterocycles. The average Bonchev–Trinajstić information content (AvgIpc) is 3.55. The molecular weight excluding hydrogens is 358 g/mol. The van der Waals surface area contributed by atoms with Gasteiger partial charge in [-0.1, -0.05) is 6.92 Å². The van der Waals surface area contributed by atoms with Crippen LogP contribution in [-0.2, 0) is 6.54 Å². The Kier molecular flexibility index (Phi) is 5.05. The van der Waals surface area contributed by atoms with Crippen molar-refractivity contribution in [1.29, 1.82) is 0 Å². The van der Waals surface area contributed by atoms with Crippen LogP contribution in [0.1, 0.15) is 61.0 Å². The largest absolute Gasteiger partial charge is 0.337 e. The highest BCUT2D eigenvalue weighted by atomic mass is 16.2. The van der Waals surface area contributed by atoms with Gasteiger partial charge in [0.25, 0.3) is 11.5 Å². The summed E-state index contributed by atoms with van der Waals surface area (Å²) in [6, 6.07) is 2.03. The first kappa shape index (κ1) is 18.9. The van der Waals surface area contributed by atoms with Gasteiger partial charge in [0.2, 0.25) is 0 Å². The topological polar surface area (TPSA) is 100 Å². The monoisotopic (exact) mass is 385 g/mol. The van der Waals surface area contributed by atoms with Gasteiger partial charge in [-0.2, -0.15) is 0 Å². The predicted molar refractivity (Wildman–Crippen MR) is 107 cm³/mol. The summed E-state index contributed by atoms with van der Waals surface area (Å²) in [5, 5.41) is 3.47. The predicted octanol–water partition coefficient (Wildman–Crippen LogP) is 1.20. The molecule has 2 aromatic heterocycles. The molecule has 0 aromatic carbocycles. The number of piperidine rings is 1. The molecule has 2 fully saturated rings. The smallest absolute Gasteiger partial charge is 0.329 e. The molecule has 0 radical (unpaired) electrons. The summed E-state index contributed by atoms with van der Waals surface area (Å²) in [7, 11) is 1.90. The van der Waals surface area contributed by atoms with Crippen LogP contribution in [0.25, 0.3) is 11.0 Å². The SMILES string of the molecule is CCCn1c(=O)[nH]c(=O)c2c(C(=O)N3CCCC(NC)C3)cc(C3CC3)nc21. The number of likely N-dealkylation sites (tertiary alicyclic amines) is 1. The molecule has 1 saturated heterocycles. The summed E-state index contributed by atoms with van der Waals surface area (Å²) in [5.41, 5.74) is 0.521. The van der Waals surface area contributed by atoms with E-state index < -0.39 is 11.2 Å². The number of nitrogens with zero attached hydrogens (tertiary/aromatic N) is 3. The van der Waals surface area contributed by atoms with Crippen LogP contribution in [0.4, 0.5) is 0 Å². The van der Waals surface area contributed by atoms with Crippen LogP contribution in [0, 0.1) is 0 Å². The number of hydrogen-bond acceptors (Lipinski definition) is 5. The molecule has 150 valence electrons. The minimum Gasteiger partial charge on any atom is -0.337 e. The van der Waals surface area contributed by atoms with Gasteiger partial charge in [0.1, 0.15) is 0 Å². The quantitative estimate of drug-likeness (QED) is 0.805. The van der Waals surface area contributed by atoms with Crippen molar-refractivity contribution in [3.63, 3.8) is 0 Å². The molecule has 0 spiro atoms. The highest BCUT2D eigenvalue weighted by molar-refractivity contribution is 6.05. The second-order valence-corrected chi connectivity index (χ2v) is 7.86. The lowest BCUT2D eigenvalue weighted by molar-refractivity contribution is 0.0700. The molecule has 0 bridgehead atoms. The Bertz CT molecular complexity index is 1020. The number of carbonyl (C=O) groups is 1. The maximum atomic E-state index is 13.4. The lowest BCUT2D eigenvalue weighted by Crippen LogP contribution is -2.47. The third kappa shape index (κ3) is 3.37. The number of hydrogen-bond donors (Lipinski definition) is 2. The van der Waals surface area contributed by atoms with Gasteiger partial charge in [-0.25, -0.2) is 9.78 Å². The van der Waals surface area contributed by atoms with Gasteiger partial charge in [-0.3, -0.25) is 19.1 Å². The van der Waals surface area contributed by atoms with Crippen LogP contribution in [-0.4, -0.2) is 51.5 Å². The first-order valence-corrected chi connectivity index (χ1v) is 10.2. The fourth-order valence-corrected chi connectivity index (χ4v) is 4.05. The van der Waals surface area contributed by atoms with E-state index in [0.29, 0.717) is 36.8 Å². The number of aromatic amines is 1. The molecule has 1 unspecified atom stereocenters. The number of H-pyrrole nitrogens is 1. The third-order valence-corrected chi connectivity index (χ3v) is 5.76. The number of pyridine rings is 1.